The van der Waals surface area contributed by atoms with E-state index in [1.807, 2.05) is 0 Å². The maximum absolute atomic E-state index is 10.7. The monoisotopic (exact) mass is 202 g/mol. The highest BCUT2D eigenvalue weighted by Gasteiger charge is 2.10. The summed E-state index contributed by atoms with van der Waals surface area (Å²) >= 11 is 0. The largest absolute Gasteiger partial charge is 0.392 e. The Kier molecular flexibility index (Phi) is 2.70. The lowest BCUT2D eigenvalue weighted by molar-refractivity contribution is 0.280. The zero-order valence-electron chi connectivity index (χ0n) is 7.06. The van der Waals surface area contributed by atoms with Crippen LogP contribution >= 0.6 is 0 Å². The Balaban J connectivity index is 3.30. The highest BCUT2D eigenvalue weighted by Crippen LogP contribution is 2.14. The van der Waals surface area contributed by atoms with Gasteiger partial charge in [-0.3, -0.25) is 4.55 Å². The van der Waals surface area contributed by atoms with Gasteiger partial charge >= 0.3 is 0 Å². The Labute approximate surface area is 76.6 Å². The number of hydrogen-bond acceptors (Lipinski definition) is 3. The number of aliphatic hydroxyl groups is 1. The van der Waals surface area contributed by atoms with Gasteiger partial charge in [0.05, 0.1) is 11.5 Å². The summed E-state index contributed by atoms with van der Waals surface area (Å²) in [5, 5.41) is 8.83. The van der Waals surface area contributed by atoms with Gasteiger partial charge in [0, 0.05) is 0 Å². The molecule has 4 nitrogen and oxygen atoms in total. The Morgan fingerprint density at radius 1 is 1.38 bits per heavy atom. The minimum atomic E-state index is -4.16. The van der Waals surface area contributed by atoms with E-state index in [0.717, 1.165) is 5.56 Å². The first-order valence-electron chi connectivity index (χ1n) is 3.63. The minimum Gasteiger partial charge on any atom is -0.392 e. The van der Waals surface area contributed by atoms with Crippen LogP contribution in [0.3, 0.4) is 0 Å². The van der Waals surface area contributed by atoms with E-state index in [0.29, 0.717) is 5.56 Å². The molecule has 2 N–H and O–H groups in total. The molecule has 0 unspecified atom stereocenters. The summed E-state index contributed by atoms with van der Waals surface area (Å²) < 4.78 is 30.1. The molecule has 13 heavy (non-hydrogen) atoms. The number of hydrogen-bond donors (Lipinski definition) is 2. The van der Waals surface area contributed by atoms with Crippen LogP contribution in [0.25, 0.3) is 0 Å². The first kappa shape index (κ1) is 10.2. The minimum absolute atomic E-state index is 0.192. The van der Waals surface area contributed by atoms with Crippen LogP contribution < -0.4 is 0 Å². The van der Waals surface area contributed by atoms with Gasteiger partial charge in [-0.15, -0.1) is 0 Å². The molecule has 0 aliphatic rings. The van der Waals surface area contributed by atoms with Crippen LogP contribution in [0, 0.1) is 6.92 Å². The summed E-state index contributed by atoms with van der Waals surface area (Å²) in [5.41, 5.74) is 1.28. The molecule has 1 aromatic rings. The molecule has 72 valence electrons. The Morgan fingerprint density at radius 3 is 2.46 bits per heavy atom. The molecule has 0 saturated carbocycles. The predicted octanol–water partition coefficient (Wildman–Crippen LogP) is 0.734. The average molecular weight is 202 g/mol. The molecule has 1 rings (SSSR count). The van der Waals surface area contributed by atoms with Crippen molar-refractivity contribution in [3.05, 3.63) is 29.3 Å². The van der Waals surface area contributed by atoms with Crippen molar-refractivity contribution in [1.82, 2.24) is 0 Å². The van der Waals surface area contributed by atoms with Crippen LogP contribution in [0.1, 0.15) is 11.1 Å². The molecule has 0 spiro atoms. The van der Waals surface area contributed by atoms with Gasteiger partial charge in [0.15, 0.2) is 0 Å². The molecule has 0 amide bonds. The van der Waals surface area contributed by atoms with Crippen molar-refractivity contribution in [1.29, 1.82) is 0 Å². The lowest BCUT2D eigenvalue weighted by Gasteiger charge is -2.03. The van der Waals surface area contributed by atoms with E-state index in [4.69, 9.17) is 9.66 Å². The van der Waals surface area contributed by atoms with E-state index >= 15 is 0 Å². The Bertz CT molecular complexity index is 408. The summed E-state index contributed by atoms with van der Waals surface area (Å²) in [7, 11) is -4.16. The van der Waals surface area contributed by atoms with Crippen molar-refractivity contribution in [3.63, 3.8) is 0 Å². The van der Waals surface area contributed by atoms with Gasteiger partial charge in [0.25, 0.3) is 10.1 Å². The summed E-state index contributed by atoms with van der Waals surface area (Å²) in [5.74, 6) is 0. The van der Waals surface area contributed by atoms with Gasteiger partial charge in [0.1, 0.15) is 0 Å². The second kappa shape index (κ2) is 3.45. The fourth-order valence-electron chi connectivity index (χ4n) is 0.979. The Morgan fingerprint density at radius 2 is 2.00 bits per heavy atom. The number of aryl methyl sites for hydroxylation is 1. The molecule has 0 aliphatic heterocycles. The SMILES string of the molecule is Cc1ccc(S(=O)(=O)O)cc1CO. The van der Waals surface area contributed by atoms with Crippen LogP contribution in [0.5, 0.6) is 0 Å². The second-order valence-corrected chi connectivity index (χ2v) is 4.14. The lowest BCUT2D eigenvalue weighted by atomic mass is 10.1. The first-order chi connectivity index (χ1) is 5.95. The van der Waals surface area contributed by atoms with Crippen molar-refractivity contribution in [2.24, 2.45) is 0 Å². The summed E-state index contributed by atoms with van der Waals surface area (Å²) in [6.07, 6.45) is 0. The van der Waals surface area contributed by atoms with Crippen molar-refractivity contribution in [3.8, 4) is 0 Å². The van der Waals surface area contributed by atoms with Crippen molar-refractivity contribution < 1.29 is 18.1 Å². The third-order valence-electron chi connectivity index (χ3n) is 1.79. The maximum Gasteiger partial charge on any atom is 0.294 e. The van der Waals surface area contributed by atoms with Gasteiger partial charge < -0.3 is 5.11 Å². The third kappa shape index (κ3) is 2.27. The second-order valence-electron chi connectivity index (χ2n) is 2.72. The van der Waals surface area contributed by atoms with E-state index in [2.05, 4.69) is 0 Å². The van der Waals surface area contributed by atoms with E-state index in [1.54, 1.807) is 6.92 Å². The topological polar surface area (TPSA) is 74.6 Å². The standard InChI is InChI=1S/C8H10O4S/c1-6-2-3-8(13(10,11)12)4-7(6)5-9/h2-4,9H,5H2,1H3,(H,10,11,12). The van der Waals surface area contributed by atoms with E-state index in [1.165, 1.54) is 18.2 Å². The van der Waals surface area contributed by atoms with Crippen LogP contribution in [-0.4, -0.2) is 18.1 Å². The van der Waals surface area contributed by atoms with Crippen LogP contribution in [0.4, 0.5) is 0 Å². The van der Waals surface area contributed by atoms with Crippen LogP contribution in [0.15, 0.2) is 23.1 Å². The average Bonchev–Trinajstić information content (AvgIpc) is 2.03. The zero-order chi connectivity index (χ0) is 10.1. The van der Waals surface area contributed by atoms with Crippen molar-refractivity contribution in [2.45, 2.75) is 18.4 Å². The summed E-state index contributed by atoms with van der Waals surface area (Å²) in [6, 6.07) is 4.09. The molecule has 1 aromatic carbocycles. The molecule has 0 atom stereocenters. The quantitative estimate of drug-likeness (QED) is 0.693. The maximum atomic E-state index is 10.7. The van der Waals surface area contributed by atoms with Gasteiger partial charge in [-0.25, -0.2) is 0 Å². The van der Waals surface area contributed by atoms with Crippen LogP contribution in [0.2, 0.25) is 0 Å². The lowest BCUT2D eigenvalue weighted by Crippen LogP contribution is -2.00. The molecule has 0 fully saturated rings. The van der Waals surface area contributed by atoms with Crippen molar-refractivity contribution in [2.75, 3.05) is 0 Å². The van der Waals surface area contributed by atoms with E-state index in [-0.39, 0.29) is 11.5 Å². The van der Waals surface area contributed by atoms with Gasteiger partial charge in [-0.05, 0) is 30.2 Å². The normalized spacial score (nSPS) is 11.6. The summed E-state index contributed by atoms with van der Waals surface area (Å²) in [4.78, 5) is -0.192. The van der Waals surface area contributed by atoms with E-state index < -0.39 is 10.1 Å². The number of benzene rings is 1. The fraction of sp³-hybridized carbons (Fsp3) is 0.250. The molecule has 0 aliphatic carbocycles. The fourth-order valence-corrected chi connectivity index (χ4v) is 1.51. The van der Waals surface area contributed by atoms with Gasteiger partial charge in [-0.1, -0.05) is 6.07 Å². The highest BCUT2D eigenvalue weighted by molar-refractivity contribution is 7.85. The Hall–Kier alpha value is -0.910. The van der Waals surface area contributed by atoms with Crippen LogP contribution in [-0.2, 0) is 16.7 Å². The molecule has 0 radical (unpaired) electrons. The molecule has 0 aromatic heterocycles. The molecule has 5 heteroatoms. The van der Waals surface area contributed by atoms with E-state index in [9.17, 15) is 8.42 Å². The molecule has 0 heterocycles. The molecular formula is C8H10O4S. The molecular weight excluding hydrogens is 192 g/mol. The van der Waals surface area contributed by atoms with Gasteiger partial charge in [0.2, 0.25) is 0 Å². The zero-order valence-corrected chi connectivity index (χ0v) is 7.87. The first-order valence-corrected chi connectivity index (χ1v) is 5.07. The number of rotatable bonds is 2. The molecule has 0 saturated heterocycles. The number of aliphatic hydroxyl groups excluding tert-OH is 1. The third-order valence-corrected chi connectivity index (χ3v) is 2.64. The summed E-state index contributed by atoms with van der Waals surface area (Å²) in [6.45, 7) is 1.51. The van der Waals surface area contributed by atoms with Crippen molar-refractivity contribution >= 4 is 10.1 Å². The highest BCUT2D eigenvalue weighted by atomic mass is 32.2. The molecule has 0 bridgehead atoms. The smallest absolute Gasteiger partial charge is 0.294 e. The van der Waals surface area contributed by atoms with Gasteiger partial charge in [-0.2, -0.15) is 8.42 Å². The predicted molar refractivity (Wildman–Crippen MR) is 46.9 cm³/mol.